The van der Waals surface area contributed by atoms with Crippen LogP contribution in [0.25, 0.3) is 0 Å². The van der Waals surface area contributed by atoms with Crippen molar-refractivity contribution in [1.82, 2.24) is 5.32 Å². The number of anilines is 1. The SMILES string of the molecule is CCCCNC(=O)c1cccc2c1OCCN2. The molecule has 0 bridgehead atoms. The third kappa shape index (κ3) is 2.70. The van der Waals surface area contributed by atoms with Crippen LogP contribution < -0.4 is 15.4 Å². The van der Waals surface area contributed by atoms with Gasteiger partial charge in [0.05, 0.1) is 11.3 Å². The van der Waals surface area contributed by atoms with Crippen LogP contribution >= 0.6 is 0 Å². The van der Waals surface area contributed by atoms with Gasteiger partial charge in [-0.3, -0.25) is 4.79 Å². The van der Waals surface area contributed by atoms with E-state index in [1.807, 2.05) is 12.1 Å². The molecule has 0 unspecified atom stereocenters. The van der Waals surface area contributed by atoms with Gasteiger partial charge in [0.25, 0.3) is 5.91 Å². The van der Waals surface area contributed by atoms with Gasteiger partial charge in [-0.25, -0.2) is 0 Å². The van der Waals surface area contributed by atoms with E-state index in [0.717, 1.165) is 25.1 Å². The van der Waals surface area contributed by atoms with Crippen LogP contribution in [0.15, 0.2) is 18.2 Å². The lowest BCUT2D eigenvalue weighted by molar-refractivity contribution is 0.0949. The highest BCUT2D eigenvalue weighted by atomic mass is 16.5. The first-order chi connectivity index (χ1) is 8.33. The molecular weight excluding hydrogens is 216 g/mol. The molecule has 0 atom stereocenters. The Balaban J connectivity index is 2.12. The number of nitrogens with one attached hydrogen (secondary N) is 2. The summed E-state index contributed by atoms with van der Waals surface area (Å²) in [5, 5.41) is 6.12. The zero-order valence-corrected chi connectivity index (χ0v) is 10.1. The van der Waals surface area contributed by atoms with Gasteiger partial charge in [0.2, 0.25) is 0 Å². The molecule has 4 heteroatoms. The second kappa shape index (κ2) is 5.57. The zero-order valence-electron chi connectivity index (χ0n) is 10.1. The number of unbranched alkanes of at least 4 members (excludes halogenated alkanes) is 1. The molecular formula is C13H18N2O2. The average molecular weight is 234 g/mol. The third-order valence-electron chi connectivity index (χ3n) is 2.74. The summed E-state index contributed by atoms with van der Waals surface area (Å²) in [7, 11) is 0. The number of carbonyl (C=O) groups excluding carboxylic acids is 1. The Labute approximate surface area is 101 Å². The summed E-state index contributed by atoms with van der Waals surface area (Å²) < 4.78 is 5.56. The number of carbonyl (C=O) groups is 1. The van der Waals surface area contributed by atoms with Crippen molar-refractivity contribution < 1.29 is 9.53 Å². The van der Waals surface area contributed by atoms with Gasteiger partial charge < -0.3 is 15.4 Å². The van der Waals surface area contributed by atoms with Gasteiger partial charge in [0.15, 0.2) is 5.75 Å². The minimum Gasteiger partial charge on any atom is -0.489 e. The molecule has 0 aliphatic carbocycles. The van der Waals surface area contributed by atoms with E-state index in [2.05, 4.69) is 17.6 Å². The van der Waals surface area contributed by atoms with Gasteiger partial charge in [-0.2, -0.15) is 0 Å². The van der Waals surface area contributed by atoms with Crippen molar-refractivity contribution in [1.29, 1.82) is 0 Å². The monoisotopic (exact) mass is 234 g/mol. The van der Waals surface area contributed by atoms with E-state index in [-0.39, 0.29) is 5.91 Å². The Morgan fingerprint density at radius 3 is 3.24 bits per heavy atom. The molecule has 1 aromatic rings. The fraction of sp³-hybridized carbons (Fsp3) is 0.462. The Kier molecular flexibility index (Phi) is 3.85. The van der Waals surface area contributed by atoms with E-state index in [4.69, 9.17) is 4.74 Å². The summed E-state index contributed by atoms with van der Waals surface area (Å²) in [5.41, 5.74) is 1.52. The highest BCUT2D eigenvalue weighted by Crippen LogP contribution is 2.30. The molecule has 0 saturated carbocycles. The van der Waals surface area contributed by atoms with E-state index in [9.17, 15) is 4.79 Å². The number of amides is 1. The van der Waals surface area contributed by atoms with Crippen LogP contribution in [0.1, 0.15) is 30.1 Å². The van der Waals surface area contributed by atoms with Crippen LogP contribution in [0.3, 0.4) is 0 Å². The van der Waals surface area contributed by atoms with E-state index >= 15 is 0 Å². The van der Waals surface area contributed by atoms with Crippen molar-refractivity contribution >= 4 is 11.6 Å². The molecule has 2 N–H and O–H groups in total. The molecule has 0 saturated heterocycles. The summed E-state index contributed by atoms with van der Waals surface area (Å²) in [6.45, 7) is 4.20. The predicted molar refractivity (Wildman–Crippen MR) is 67.7 cm³/mol. The molecule has 17 heavy (non-hydrogen) atoms. The molecule has 1 aromatic carbocycles. The number of hydrogen-bond acceptors (Lipinski definition) is 3. The van der Waals surface area contributed by atoms with Crippen LogP contribution in [0.4, 0.5) is 5.69 Å². The van der Waals surface area contributed by atoms with Gasteiger partial charge in [-0.05, 0) is 18.6 Å². The number of ether oxygens (including phenoxy) is 1. The smallest absolute Gasteiger partial charge is 0.255 e. The maximum atomic E-state index is 12.0. The Bertz CT molecular complexity index is 404. The number of benzene rings is 1. The fourth-order valence-electron chi connectivity index (χ4n) is 1.82. The molecule has 0 fully saturated rings. The van der Waals surface area contributed by atoms with Gasteiger partial charge in [-0.15, -0.1) is 0 Å². The summed E-state index contributed by atoms with van der Waals surface area (Å²) in [5.74, 6) is 0.617. The van der Waals surface area contributed by atoms with Crippen molar-refractivity contribution in [2.75, 3.05) is 25.0 Å². The van der Waals surface area contributed by atoms with Gasteiger partial charge in [-0.1, -0.05) is 19.4 Å². The first-order valence-corrected chi connectivity index (χ1v) is 6.11. The van der Waals surface area contributed by atoms with Crippen molar-refractivity contribution in [3.8, 4) is 5.75 Å². The Morgan fingerprint density at radius 1 is 1.53 bits per heavy atom. The minimum atomic E-state index is -0.0565. The van der Waals surface area contributed by atoms with E-state index < -0.39 is 0 Å². The number of hydrogen-bond donors (Lipinski definition) is 2. The molecule has 4 nitrogen and oxygen atoms in total. The predicted octanol–water partition coefficient (Wildman–Crippen LogP) is 2.02. The summed E-state index contributed by atoms with van der Waals surface area (Å²) >= 11 is 0. The Morgan fingerprint density at radius 2 is 2.41 bits per heavy atom. The first kappa shape index (κ1) is 11.8. The van der Waals surface area contributed by atoms with Crippen LogP contribution in [-0.4, -0.2) is 25.6 Å². The van der Waals surface area contributed by atoms with Crippen molar-refractivity contribution in [2.45, 2.75) is 19.8 Å². The minimum absolute atomic E-state index is 0.0565. The third-order valence-corrected chi connectivity index (χ3v) is 2.74. The van der Waals surface area contributed by atoms with Gasteiger partial charge in [0.1, 0.15) is 6.61 Å². The standard InChI is InChI=1S/C13H18N2O2/c1-2-3-7-15-13(16)10-5-4-6-11-12(10)17-9-8-14-11/h4-6,14H,2-3,7-9H2,1H3,(H,15,16). The number of para-hydroxylation sites is 1. The van der Waals surface area contributed by atoms with E-state index in [0.29, 0.717) is 24.5 Å². The molecule has 1 heterocycles. The normalized spacial score (nSPS) is 13.2. The molecule has 0 aromatic heterocycles. The summed E-state index contributed by atoms with van der Waals surface area (Å²) in [6, 6.07) is 5.60. The lowest BCUT2D eigenvalue weighted by Crippen LogP contribution is -2.27. The maximum Gasteiger partial charge on any atom is 0.255 e. The molecule has 92 valence electrons. The largest absolute Gasteiger partial charge is 0.489 e. The highest BCUT2D eigenvalue weighted by molar-refractivity contribution is 5.98. The van der Waals surface area contributed by atoms with Gasteiger partial charge >= 0.3 is 0 Å². The zero-order chi connectivity index (χ0) is 12.1. The van der Waals surface area contributed by atoms with Gasteiger partial charge in [0, 0.05) is 13.1 Å². The number of fused-ring (bicyclic) bond motifs is 1. The number of rotatable bonds is 4. The first-order valence-electron chi connectivity index (χ1n) is 6.11. The van der Waals surface area contributed by atoms with Crippen LogP contribution in [0.2, 0.25) is 0 Å². The van der Waals surface area contributed by atoms with Crippen molar-refractivity contribution in [3.05, 3.63) is 23.8 Å². The second-order valence-corrected chi connectivity index (χ2v) is 4.07. The second-order valence-electron chi connectivity index (χ2n) is 4.07. The van der Waals surface area contributed by atoms with Crippen LogP contribution in [0.5, 0.6) is 5.75 Å². The molecule has 1 aliphatic heterocycles. The topological polar surface area (TPSA) is 50.4 Å². The summed E-state index contributed by atoms with van der Waals surface area (Å²) in [6.07, 6.45) is 2.07. The average Bonchev–Trinajstić information content (AvgIpc) is 2.38. The quantitative estimate of drug-likeness (QED) is 0.784. The van der Waals surface area contributed by atoms with Crippen molar-refractivity contribution in [3.63, 3.8) is 0 Å². The lowest BCUT2D eigenvalue weighted by atomic mass is 10.1. The molecule has 1 aliphatic rings. The maximum absolute atomic E-state index is 12.0. The lowest BCUT2D eigenvalue weighted by Gasteiger charge is -2.21. The molecule has 0 radical (unpaired) electrons. The van der Waals surface area contributed by atoms with E-state index in [1.54, 1.807) is 6.07 Å². The fourth-order valence-corrected chi connectivity index (χ4v) is 1.82. The molecule has 1 amide bonds. The molecule has 0 spiro atoms. The Hall–Kier alpha value is -1.71. The molecule has 2 rings (SSSR count). The van der Waals surface area contributed by atoms with E-state index in [1.165, 1.54) is 0 Å². The summed E-state index contributed by atoms with van der Waals surface area (Å²) in [4.78, 5) is 12.0. The van der Waals surface area contributed by atoms with Crippen molar-refractivity contribution in [2.24, 2.45) is 0 Å². The van der Waals surface area contributed by atoms with Crippen LogP contribution in [-0.2, 0) is 0 Å². The highest BCUT2D eigenvalue weighted by Gasteiger charge is 2.18. The van der Waals surface area contributed by atoms with Crippen LogP contribution in [0, 0.1) is 0 Å².